The minimum atomic E-state index is -0.0787. The van der Waals surface area contributed by atoms with Crippen molar-refractivity contribution in [1.82, 2.24) is 4.90 Å². The molecule has 2 nitrogen and oxygen atoms in total. The van der Waals surface area contributed by atoms with E-state index >= 15 is 0 Å². The number of hydrogen-bond donors (Lipinski definition) is 1. The molecular formula is C12H25NO. The molecule has 0 unspecified atom stereocenters. The van der Waals surface area contributed by atoms with Crippen LogP contribution in [0.4, 0.5) is 0 Å². The van der Waals surface area contributed by atoms with Crippen LogP contribution in [0.15, 0.2) is 0 Å². The molecule has 0 saturated carbocycles. The van der Waals surface area contributed by atoms with Crippen LogP contribution in [0, 0.1) is 0 Å². The van der Waals surface area contributed by atoms with Gasteiger partial charge in [-0.05, 0) is 32.4 Å². The first-order valence-electron chi connectivity index (χ1n) is 6.23. The third-order valence-corrected chi connectivity index (χ3v) is 3.06. The van der Waals surface area contributed by atoms with Crippen molar-refractivity contribution in [1.29, 1.82) is 0 Å². The molecule has 2 heteroatoms. The molecule has 1 atom stereocenters. The lowest BCUT2D eigenvalue weighted by Gasteiger charge is -2.19. The molecule has 0 aromatic heterocycles. The zero-order valence-corrected chi connectivity index (χ0v) is 9.54. The third kappa shape index (κ3) is 4.97. The predicted molar refractivity (Wildman–Crippen MR) is 60.4 cm³/mol. The zero-order chi connectivity index (χ0) is 10.2. The summed E-state index contributed by atoms with van der Waals surface area (Å²) in [6, 6.07) is 0. The van der Waals surface area contributed by atoms with Gasteiger partial charge >= 0.3 is 0 Å². The molecule has 14 heavy (non-hydrogen) atoms. The molecule has 1 N–H and O–H groups in total. The van der Waals surface area contributed by atoms with Crippen LogP contribution in [0.1, 0.15) is 51.9 Å². The minimum absolute atomic E-state index is 0.0787. The van der Waals surface area contributed by atoms with Gasteiger partial charge in [0.2, 0.25) is 0 Å². The van der Waals surface area contributed by atoms with E-state index in [1.54, 1.807) is 0 Å². The standard InChI is InChI=1S/C12H25NO/c1-2-3-4-5-8-12(14)11-13-9-6-7-10-13/h12,14H,2-11H2,1H3/t12-/m1/s1. The second-order valence-corrected chi connectivity index (χ2v) is 4.51. The molecule has 0 aromatic carbocycles. The lowest BCUT2D eigenvalue weighted by Crippen LogP contribution is -2.29. The summed E-state index contributed by atoms with van der Waals surface area (Å²) in [5.41, 5.74) is 0. The Hall–Kier alpha value is -0.0800. The first kappa shape index (κ1) is 12.0. The van der Waals surface area contributed by atoms with E-state index in [4.69, 9.17) is 0 Å². The van der Waals surface area contributed by atoms with Gasteiger partial charge in [-0.15, -0.1) is 0 Å². The van der Waals surface area contributed by atoms with Crippen molar-refractivity contribution >= 4 is 0 Å². The molecule has 1 heterocycles. The third-order valence-electron chi connectivity index (χ3n) is 3.06. The maximum Gasteiger partial charge on any atom is 0.0667 e. The first-order valence-corrected chi connectivity index (χ1v) is 6.23. The number of hydrogen-bond acceptors (Lipinski definition) is 2. The molecule has 1 rings (SSSR count). The van der Waals surface area contributed by atoms with Gasteiger partial charge < -0.3 is 10.0 Å². The Bertz CT molecular complexity index is 132. The highest BCUT2D eigenvalue weighted by Crippen LogP contribution is 2.11. The van der Waals surface area contributed by atoms with Crippen molar-refractivity contribution in [3.05, 3.63) is 0 Å². The Kier molecular flexibility index (Phi) is 6.20. The topological polar surface area (TPSA) is 23.5 Å². The minimum Gasteiger partial charge on any atom is -0.392 e. The van der Waals surface area contributed by atoms with E-state index in [0.29, 0.717) is 0 Å². The maximum atomic E-state index is 9.77. The number of β-amino-alcohol motifs (C(OH)–C–C–N with tert-alkyl or cyclic N) is 1. The van der Waals surface area contributed by atoms with Gasteiger partial charge in [0.1, 0.15) is 0 Å². The summed E-state index contributed by atoms with van der Waals surface area (Å²) in [6.07, 6.45) is 8.64. The van der Waals surface area contributed by atoms with Gasteiger partial charge in [-0.2, -0.15) is 0 Å². The van der Waals surface area contributed by atoms with Crippen LogP contribution in [-0.4, -0.2) is 35.7 Å². The van der Waals surface area contributed by atoms with E-state index in [1.165, 1.54) is 51.6 Å². The Morgan fingerprint density at radius 3 is 2.50 bits per heavy atom. The number of likely N-dealkylation sites (tertiary alicyclic amines) is 1. The van der Waals surface area contributed by atoms with Crippen LogP contribution < -0.4 is 0 Å². The van der Waals surface area contributed by atoms with Crippen molar-refractivity contribution in [2.75, 3.05) is 19.6 Å². The zero-order valence-electron chi connectivity index (χ0n) is 9.54. The lowest BCUT2D eigenvalue weighted by atomic mass is 10.1. The van der Waals surface area contributed by atoms with Gasteiger partial charge in [-0.1, -0.05) is 32.6 Å². The molecule has 0 aromatic rings. The quantitative estimate of drug-likeness (QED) is 0.636. The van der Waals surface area contributed by atoms with Crippen LogP contribution in [-0.2, 0) is 0 Å². The lowest BCUT2D eigenvalue weighted by molar-refractivity contribution is 0.114. The van der Waals surface area contributed by atoms with E-state index in [2.05, 4.69) is 11.8 Å². The highest BCUT2D eigenvalue weighted by Gasteiger charge is 2.14. The van der Waals surface area contributed by atoms with E-state index in [1.807, 2.05) is 0 Å². The summed E-state index contributed by atoms with van der Waals surface area (Å²) < 4.78 is 0. The summed E-state index contributed by atoms with van der Waals surface area (Å²) in [5.74, 6) is 0. The number of nitrogens with zero attached hydrogens (tertiary/aromatic N) is 1. The number of rotatable bonds is 7. The van der Waals surface area contributed by atoms with Crippen molar-refractivity contribution < 1.29 is 5.11 Å². The fourth-order valence-corrected chi connectivity index (χ4v) is 2.16. The summed E-state index contributed by atoms with van der Waals surface area (Å²) >= 11 is 0. The molecule has 0 aliphatic carbocycles. The Morgan fingerprint density at radius 2 is 1.86 bits per heavy atom. The van der Waals surface area contributed by atoms with Gasteiger partial charge in [0.15, 0.2) is 0 Å². The summed E-state index contributed by atoms with van der Waals surface area (Å²) in [4.78, 5) is 2.39. The van der Waals surface area contributed by atoms with E-state index in [9.17, 15) is 5.11 Å². The largest absolute Gasteiger partial charge is 0.392 e. The van der Waals surface area contributed by atoms with Crippen LogP contribution in [0.5, 0.6) is 0 Å². The molecule has 84 valence electrons. The van der Waals surface area contributed by atoms with Crippen LogP contribution >= 0.6 is 0 Å². The van der Waals surface area contributed by atoms with E-state index in [0.717, 1.165) is 13.0 Å². The van der Waals surface area contributed by atoms with Gasteiger partial charge in [-0.25, -0.2) is 0 Å². The molecule has 0 radical (unpaired) electrons. The molecule has 0 amide bonds. The average Bonchev–Trinajstić information content (AvgIpc) is 2.65. The number of aliphatic hydroxyl groups is 1. The second kappa shape index (κ2) is 7.24. The highest BCUT2D eigenvalue weighted by molar-refractivity contribution is 4.70. The fraction of sp³-hybridized carbons (Fsp3) is 1.00. The van der Waals surface area contributed by atoms with E-state index in [-0.39, 0.29) is 6.10 Å². The molecular weight excluding hydrogens is 174 g/mol. The molecule has 0 spiro atoms. The van der Waals surface area contributed by atoms with E-state index < -0.39 is 0 Å². The van der Waals surface area contributed by atoms with Crippen molar-refractivity contribution in [3.8, 4) is 0 Å². The van der Waals surface area contributed by atoms with Crippen LogP contribution in [0.3, 0.4) is 0 Å². The van der Waals surface area contributed by atoms with Gasteiger partial charge in [0.25, 0.3) is 0 Å². The van der Waals surface area contributed by atoms with Crippen LogP contribution in [0.2, 0.25) is 0 Å². The Labute approximate surface area is 88.3 Å². The van der Waals surface area contributed by atoms with Gasteiger partial charge in [0, 0.05) is 6.54 Å². The predicted octanol–water partition coefficient (Wildman–Crippen LogP) is 2.41. The highest BCUT2D eigenvalue weighted by atomic mass is 16.3. The normalized spacial score (nSPS) is 20.1. The maximum absolute atomic E-state index is 9.77. The molecule has 1 aliphatic rings. The van der Waals surface area contributed by atoms with Crippen molar-refractivity contribution in [3.63, 3.8) is 0 Å². The van der Waals surface area contributed by atoms with Crippen LogP contribution in [0.25, 0.3) is 0 Å². The fourth-order valence-electron chi connectivity index (χ4n) is 2.16. The number of aliphatic hydroxyl groups excluding tert-OH is 1. The van der Waals surface area contributed by atoms with Gasteiger partial charge in [0.05, 0.1) is 6.10 Å². The molecule has 1 fully saturated rings. The summed E-state index contributed by atoms with van der Waals surface area (Å²) in [6.45, 7) is 5.53. The molecule has 1 aliphatic heterocycles. The summed E-state index contributed by atoms with van der Waals surface area (Å²) in [5, 5.41) is 9.77. The summed E-state index contributed by atoms with van der Waals surface area (Å²) in [7, 11) is 0. The number of unbranched alkanes of at least 4 members (excludes halogenated alkanes) is 3. The first-order chi connectivity index (χ1) is 6.83. The Morgan fingerprint density at radius 1 is 1.14 bits per heavy atom. The van der Waals surface area contributed by atoms with Gasteiger partial charge in [-0.3, -0.25) is 0 Å². The smallest absolute Gasteiger partial charge is 0.0667 e. The molecule has 0 bridgehead atoms. The average molecular weight is 199 g/mol. The second-order valence-electron chi connectivity index (χ2n) is 4.51. The SMILES string of the molecule is CCCCCC[C@@H](O)CN1CCCC1. The monoisotopic (exact) mass is 199 g/mol. The van der Waals surface area contributed by atoms with Crippen molar-refractivity contribution in [2.45, 2.75) is 58.0 Å². The Balaban J connectivity index is 1.95. The van der Waals surface area contributed by atoms with Crippen molar-refractivity contribution in [2.24, 2.45) is 0 Å². The molecule has 1 saturated heterocycles.